The van der Waals surface area contributed by atoms with Crippen LogP contribution in [0.1, 0.15) is 28.3 Å². The minimum Gasteiger partial charge on any atom is -0.504 e. The largest absolute Gasteiger partial charge is 0.504 e. The quantitative estimate of drug-likeness (QED) is 0.330. The Morgan fingerprint density at radius 3 is 2.29 bits per heavy atom. The maximum Gasteiger partial charge on any atom is 0.245 e. The van der Waals surface area contributed by atoms with E-state index in [0.717, 1.165) is 5.56 Å². The summed E-state index contributed by atoms with van der Waals surface area (Å²) in [5.74, 6) is -1.45. The van der Waals surface area contributed by atoms with Crippen LogP contribution >= 0.6 is 0 Å². The molecule has 1 aliphatic heterocycles. The summed E-state index contributed by atoms with van der Waals surface area (Å²) in [6, 6.07) is 15.2. The number of fused-ring (bicyclic) bond motifs is 1. The first-order valence-electron chi connectivity index (χ1n) is 10.9. The smallest absolute Gasteiger partial charge is 0.245 e. The van der Waals surface area contributed by atoms with Crippen LogP contribution in [-0.4, -0.2) is 55.6 Å². The number of phenols is 4. The molecule has 0 radical (unpaired) electrons. The zero-order valence-electron chi connectivity index (χ0n) is 18.6. The minimum atomic E-state index is -0.821. The number of phenolic OH excluding ortho intramolecular Hbond substituents is 4. The number of benzene rings is 3. The van der Waals surface area contributed by atoms with Gasteiger partial charge in [-0.3, -0.25) is 9.59 Å². The summed E-state index contributed by atoms with van der Waals surface area (Å²) in [7, 11) is 1.68. The number of aromatic hydroxyl groups is 4. The third-order valence-electron chi connectivity index (χ3n) is 6.24. The van der Waals surface area contributed by atoms with Gasteiger partial charge in [-0.05, 0) is 52.9 Å². The van der Waals surface area contributed by atoms with Crippen LogP contribution in [0.25, 0.3) is 0 Å². The van der Waals surface area contributed by atoms with E-state index >= 15 is 0 Å². The van der Waals surface area contributed by atoms with Crippen LogP contribution in [0.4, 0.5) is 0 Å². The first-order valence-corrected chi connectivity index (χ1v) is 10.9. The highest BCUT2D eigenvalue weighted by Gasteiger charge is 2.39. The van der Waals surface area contributed by atoms with Gasteiger partial charge >= 0.3 is 0 Å². The van der Waals surface area contributed by atoms with Gasteiger partial charge in [0, 0.05) is 20.0 Å². The summed E-state index contributed by atoms with van der Waals surface area (Å²) in [6.07, 6.45) is 1.02. The van der Waals surface area contributed by atoms with Crippen molar-refractivity contribution in [2.45, 2.75) is 31.5 Å². The summed E-state index contributed by atoms with van der Waals surface area (Å²) in [6.45, 7) is 0.368. The highest BCUT2D eigenvalue weighted by atomic mass is 16.3. The number of hydrogen-bond acceptors (Lipinski definition) is 6. The van der Waals surface area contributed by atoms with E-state index in [2.05, 4.69) is 0 Å². The van der Waals surface area contributed by atoms with Crippen molar-refractivity contribution in [3.05, 3.63) is 82.9 Å². The van der Waals surface area contributed by atoms with Crippen molar-refractivity contribution < 1.29 is 30.0 Å². The van der Waals surface area contributed by atoms with E-state index in [1.807, 2.05) is 30.3 Å². The standard InChI is InChI=1S/C26H26N2O6/c1-27(14-16-5-3-2-4-6-16)26(34)21-11-18-12-24(32)25(33)13-19(18)20(28(21)15-29)9-17-7-8-22(30)23(31)10-17/h2-8,10,12-13,15,20-21,30-33H,9,11,14H2,1H3/t20-,21-/m0/s1. The van der Waals surface area contributed by atoms with Crippen molar-refractivity contribution in [2.75, 3.05) is 7.05 Å². The molecule has 0 unspecified atom stereocenters. The van der Waals surface area contributed by atoms with Gasteiger partial charge in [-0.25, -0.2) is 0 Å². The monoisotopic (exact) mass is 462 g/mol. The normalized spacial score (nSPS) is 17.1. The Labute approximate surface area is 196 Å². The molecule has 0 saturated carbocycles. The highest BCUT2D eigenvalue weighted by molar-refractivity contribution is 5.85. The zero-order chi connectivity index (χ0) is 24.4. The number of carbonyl (C=O) groups excluding carboxylic acids is 2. The first kappa shape index (κ1) is 23.0. The molecule has 0 aliphatic carbocycles. The third kappa shape index (κ3) is 4.47. The summed E-state index contributed by atoms with van der Waals surface area (Å²) < 4.78 is 0. The average Bonchev–Trinajstić information content (AvgIpc) is 2.82. The first-order chi connectivity index (χ1) is 16.3. The van der Waals surface area contributed by atoms with E-state index in [9.17, 15) is 30.0 Å². The Bertz CT molecular complexity index is 1210. The second kappa shape index (κ2) is 9.35. The lowest BCUT2D eigenvalue weighted by molar-refractivity contribution is -0.142. The molecule has 0 fully saturated rings. The number of carbonyl (C=O) groups is 2. The fourth-order valence-electron chi connectivity index (χ4n) is 4.50. The highest BCUT2D eigenvalue weighted by Crippen LogP contribution is 2.41. The second-order valence-electron chi connectivity index (χ2n) is 8.54. The lowest BCUT2D eigenvalue weighted by Gasteiger charge is -2.41. The van der Waals surface area contributed by atoms with Crippen LogP contribution in [0.2, 0.25) is 0 Å². The van der Waals surface area contributed by atoms with Crippen molar-refractivity contribution in [1.29, 1.82) is 0 Å². The molecule has 0 aromatic heterocycles. The molecule has 34 heavy (non-hydrogen) atoms. The Morgan fingerprint density at radius 1 is 0.941 bits per heavy atom. The molecule has 176 valence electrons. The number of amides is 2. The Hall–Kier alpha value is -4.20. The molecule has 0 spiro atoms. The van der Waals surface area contributed by atoms with Crippen molar-refractivity contribution >= 4 is 12.3 Å². The fraction of sp³-hybridized carbons (Fsp3) is 0.231. The van der Waals surface area contributed by atoms with Crippen molar-refractivity contribution in [2.24, 2.45) is 0 Å². The molecule has 0 saturated heterocycles. The Kier molecular flexibility index (Phi) is 6.32. The zero-order valence-corrected chi connectivity index (χ0v) is 18.6. The molecule has 1 heterocycles. The predicted molar refractivity (Wildman–Crippen MR) is 124 cm³/mol. The van der Waals surface area contributed by atoms with Crippen LogP contribution < -0.4 is 0 Å². The van der Waals surface area contributed by atoms with Gasteiger partial charge in [0.2, 0.25) is 12.3 Å². The second-order valence-corrected chi connectivity index (χ2v) is 8.54. The van der Waals surface area contributed by atoms with Gasteiger partial charge in [-0.15, -0.1) is 0 Å². The van der Waals surface area contributed by atoms with E-state index in [1.165, 1.54) is 29.2 Å². The molecule has 2 atom stereocenters. The maximum absolute atomic E-state index is 13.5. The van der Waals surface area contributed by atoms with Gasteiger partial charge in [0.1, 0.15) is 6.04 Å². The predicted octanol–water partition coefficient (Wildman–Crippen LogP) is 2.83. The van der Waals surface area contributed by atoms with Gasteiger partial charge < -0.3 is 30.2 Å². The summed E-state index contributed by atoms with van der Waals surface area (Å²) in [5, 5.41) is 39.8. The lowest BCUT2D eigenvalue weighted by Crippen LogP contribution is -2.52. The van der Waals surface area contributed by atoms with Crippen LogP contribution in [0.5, 0.6) is 23.0 Å². The molecule has 8 nitrogen and oxygen atoms in total. The fourth-order valence-corrected chi connectivity index (χ4v) is 4.50. The number of rotatable bonds is 6. The SMILES string of the molecule is CN(Cc1ccccc1)C(=O)[C@@H]1Cc2cc(O)c(O)cc2[C@H](Cc2ccc(O)c(O)c2)N1C=O. The molecular weight excluding hydrogens is 436 g/mol. The molecule has 3 aromatic carbocycles. The molecule has 3 aromatic rings. The number of likely N-dealkylation sites (N-methyl/N-ethyl adjacent to an activating group) is 1. The van der Waals surface area contributed by atoms with Crippen LogP contribution in [-0.2, 0) is 29.0 Å². The lowest BCUT2D eigenvalue weighted by atomic mass is 9.84. The van der Waals surface area contributed by atoms with E-state index in [4.69, 9.17) is 0 Å². The minimum absolute atomic E-state index is 0.178. The van der Waals surface area contributed by atoms with Crippen molar-refractivity contribution in [3.63, 3.8) is 0 Å². The summed E-state index contributed by atoms with van der Waals surface area (Å²) in [4.78, 5) is 28.7. The van der Waals surface area contributed by atoms with E-state index in [0.29, 0.717) is 29.6 Å². The van der Waals surface area contributed by atoms with Crippen LogP contribution in [0.3, 0.4) is 0 Å². The van der Waals surface area contributed by atoms with E-state index in [1.54, 1.807) is 18.0 Å². The van der Waals surface area contributed by atoms with Crippen molar-refractivity contribution in [1.82, 2.24) is 9.80 Å². The van der Waals surface area contributed by atoms with Crippen molar-refractivity contribution in [3.8, 4) is 23.0 Å². The molecule has 4 N–H and O–H groups in total. The number of nitrogens with zero attached hydrogens (tertiary/aromatic N) is 2. The van der Waals surface area contributed by atoms with Gasteiger partial charge in [-0.1, -0.05) is 36.4 Å². The third-order valence-corrected chi connectivity index (χ3v) is 6.24. The summed E-state index contributed by atoms with van der Waals surface area (Å²) >= 11 is 0. The van der Waals surface area contributed by atoms with E-state index in [-0.39, 0.29) is 41.7 Å². The van der Waals surface area contributed by atoms with Gasteiger partial charge in [0.25, 0.3) is 0 Å². The molecular formula is C26H26N2O6. The van der Waals surface area contributed by atoms with Gasteiger partial charge in [0.15, 0.2) is 23.0 Å². The van der Waals surface area contributed by atoms with Crippen LogP contribution in [0, 0.1) is 0 Å². The molecule has 0 bridgehead atoms. The number of hydrogen-bond donors (Lipinski definition) is 4. The Morgan fingerprint density at radius 2 is 1.62 bits per heavy atom. The van der Waals surface area contributed by atoms with E-state index < -0.39 is 12.1 Å². The Balaban J connectivity index is 1.70. The topological polar surface area (TPSA) is 122 Å². The molecule has 1 aliphatic rings. The molecule has 8 heteroatoms. The molecule has 2 amide bonds. The average molecular weight is 463 g/mol. The van der Waals surface area contributed by atoms with Crippen LogP contribution in [0.15, 0.2) is 60.7 Å². The molecule has 4 rings (SSSR count). The van der Waals surface area contributed by atoms with Gasteiger partial charge in [-0.2, -0.15) is 0 Å². The summed E-state index contributed by atoms with van der Waals surface area (Å²) in [5.41, 5.74) is 2.82. The van der Waals surface area contributed by atoms with Gasteiger partial charge in [0.05, 0.1) is 6.04 Å². The maximum atomic E-state index is 13.5.